The molecule has 2 rings (SSSR count). The average molecular weight is 290 g/mol. The van der Waals surface area contributed by atoms with Crippen molar-refractivity contribution in [2.75, 3.05) is 6.54 Å². The number of fused-ring (bicyclic) bond motifs is 1. The Morgan fingerprint density at radius 1 is 1.38 bits per heavy atom. The van der Waals surface area contributed by atoms with Crippen molar-refractivity contribution in [1.82, 2.24) is 10.6 Å². The largest absolute Gasteiger partial charge is 0.481 e. The lowest BCUT2D eigenvalue weighted by atomic mass is 9.87. The standard InChI is InChI=1S/C16H22N2O3/c1-3-16(2,15(20)21)10-18-14(19)13-8-11-6-4-5-7-12(11)9-17-13/h4-7,13,17H,3,8-10H2,1-2H3,(H,18,19)(H,20,21). The highest BCUT2D eigenvalue weighted by Gasteiger charge is 2.33. The van der Waals surface area contributed by atoms with Crippen LogP contribution in [0, 0.1) is 5.41 Å². The van der Waals surface area contributed by atoms with Crippen molar-refractivity contribution in [1.29, 1.82) is 0 Å². The fourth-order valence-electron chi connectivity index (χ4n) is 2.40. The number of nitrogens with one attached hydrogen (secondary N) is 2. The van der Waals surface area contributed by atoms with Crippen LogP contribution in [0.2, 0.25) is 0 Å². The van der Waals surface area contributed by atoms with Gasteiger partial charge in [-0.25, -0.2) is 0 Å². The van der Waals surface area contributed by atoms with E-state index in [4.69, 9.17) is 0 Å². The molecule has 1 heterocycles. The van der Waals surface area contributed by atoms with Gasteiger partial charge < -0.3 is 15.7 Å². The second-order valence-corrected chi connectivity index (χ2v) is 5.84. The van der Waals surface area contributed by atoms with Gasteiger partial charge in [0.15, 0.2) is 0 Å². The first kappa shape index (κ1) is 15.5. The van der Waals surface area contributed by atoms with Gasteiger partial charge >= 0.3 is 5.97 Å². The normalized spacial score (nSPS) is 20.2. The van der Waals surface area contributed by atoms with Crippen LogP contribution >= 0.6 is 0 Å². The van der Waals surface area contributed by atoms with Crippen LogP contribution in [-0.4, -0.2) is 29.6 Å². The predicted octanol–water partition coefficient (Wildman–Crippen LogP) is 1.32. The van der Waals surface area contributed by atoms with Gasteiger partial charge in [-0.1, -0.05) is 31.2 Å². The lowest BCUT2D eigenvalue weighted by molar-refractivity contribution is -0.148. The van der Waals surface area contributed by atoms with E-state index in [2.05, 4.69) is 16.7 Å². The molecule has 3 N–H and O–H groups in total. The zero-order valence-corrected chi connectivity index (χ0v) is 12.5. The number of carboxylic acids is 1. The van der Waals surface area contributed by atoms with Gasteiger partial charge in [0.2, 0.25) is 5.91 Å². The summed E-state index contributed by atoms with van der Waals surface area (Å²) in [5.74, 6) is -1.02. The lowest BCUT2D eigenvalue weighted by Crippen LogP contribution is -2.50. The quantitative estimate of drug-likeness (QED) is 0.764. The molecule has 2 unspecified atom stereocenters. The van der Waals surface area contributed by atoms with Crippen molar-refractivity contribution in [3.63, 3.8) is 0 Å². The molecule has 0 saturated carbocycles. The SMILES string of the molecule is CCC(C)(CNC(=O)C1Cc2ccccc2CN1)C(=O)O. The average Bonchev–Trinajstić information content (AvgIpc) is 2.51. The van der Waals surface area contributed by atoms with E-state index in [1.165, 1.54) is 11.1 Å². The van der Waals surface area contributed by atoms with Crippen molar-refractivity contribution in [3.8, 4) is 0 Å². The number of carbonyl (C=O) groups excluding carboxylic acids is 1. The van der Waals surface area contributed by atoms with Gasteiger partial charge in [0, 0.05) is 13.1 Å². The molecule has 1 aliphatic rings. The number of hydrogen-bond acceptors (Lipinski definition) is 3. The van der Waals surface area contributed by atoms with Crippen LogP contribution < -0.4 is 10.6 Å². The van der Waals surface area contributed by atoms with E-state index in [0.29, 0.717) is 19.4 Å². The Hall–Kier alpha value is -1.88. The number of rotatable bonds is 5. The van der Waals surface area contributed by atoms with E-state index < -0.39 is 11.4 Å². The molecule has 114 valence electrons. The van der Waals surface area contributed by atoms with E-state index in [0.717, 1.165) is 0 Å². The molecule has 0 aliphatic carbocycles. The fourth-order valence-corrected chi connectivity index (χ4v) is 2.40. The minimum atomic E-state index is -0.914. The summed E-state index contributed by atoms with van der Waals surface area (Å²) in [6, 6.07) is 7.74. The first-order chi connectivity index (χ1) is 9.96. The van der Waals surface area contributed by atoms with E-state index in [1.807, 2.05) is 25.1 Å². The summed E-state index contributed by atoms with van der Waals surface area (Å²) in [5, 5.41) is 15.2. The van der Waals surface area contributed by atoms with Gasteiger partial charge in [-0.15, -0.1) is 0 Å². The van der Waals surface area contributed by atoms with Crippen molar-refractivity contribution in [2.45, 2.75) is 39.3 Å². The van der Waals surface area contributed by atoms with E-state index >= 15 is 0 Å². The van der Waals surface area contributed by atoms with E-state index in [1.54, 1.807) is 6.92 Å². The summed E-state index contributed by atoms with van der Waals surface area (Å²) < 4.78 is 0. The maximum absolute atomic E-state index is 12.2. The number of amides is 1. The van der Waals surface area contributed by atoms with Gasteiger partial charge in [-0.3, -0.25) is 9.59 Å². The predicted molar refractivity (Wildman–Crippen MR) is 79.8 cm³/mol. The van der Waals surface area contributed by atoms with Crippen molar-refractivity contribution in [2.24, 2.45) is 5.41 Å². The van der Waals surface area contributed by atoms with Crippen molar-refractivity contribution < 1.29 is 14.7 Å². The Kier molecular flexibility index (Phi) is 4.63. The molecular formula is C16H22N2O3. The molecule has 0 spiro atoms. The minimum Gasteiger partial charge on any atom is -0.481 e. The van der Waals surface area contributed by atoms with Crippen molar-refractivity contribution in [3.05, 3.63) is 35.4 Å². The van der Waals surface area contributed by atoms with Gasteiger partial charge in [0.25, 0.3) is 0 Å². The summed E-state index contributed by atoms with van der Waals surface area (Å²) in [6.07, 6.45) is 1.11. The molecule has 0 radical (unpaired) electrons. The molecule has 0 bridgehead atoms. The molecule has 1 aromatic rings. The maximum Gasteiger partial charge on any atom is 0.311 e. The highest BCUT2D eigenvalue weighted by molar-refractivity contribution is 5.83. The molecule has 2 atom stereocenters. The second-order valence-electron chi connectivity index (χ2n) is 5.84. The highest BCUT2D eigenvalue weighted by Crippen LogP contribution is 2.20. The number of hydrogen-bond donors (Lipinski definition) is 3. The third-order valence-corrected chi connectivity index (χ3v) is 4.35. The van der Waals surface area contributed by atoms with Crippen LogP contribution in [0.3, 0.4) is 0 Å². The second kappa shape index (κ2) is 6.26. The molecule has 5 nitrogen and oxygen atoms in total. The maximum atomic E-state index is 12.2. The highest BCUT2D eigenvalue weighted by atomic mass is 16.4. The van der Waals surface area contributed by atoms with E-state index in [-0.39, 0.29) is 18.5 Å². The number of carboxylic acid groups (broad SMARTS) is 1. The Morgan fingerprint density at radius 2 is 2.05 bits per heavy atom. The van der Waals surface area contributed by atoms with Crippen LogP contribution in [0.5, 0.6) is 0 Å². The Morgan fingerprint density at radius 3 is 2.67 bits per heavy atom. The first-order valence-corrected chi connectivity index (χ1v) is 7.27. The monoisotopic (exact) mass is 290 g/mol. The summed E-state index contributed by atoms with van der Waals surface area (Å²) in [6.45, 7) is 4.28. The number of aliphatic carboxylic acids is 1. The molecular weight excluding hydrogens is 268 g/mol. The molecule has 0 fully saturated rings. The zero-order valence-electron chi connectivity index (χ0n) is 12.5. The topological polar surface area (TPSA) is 78.4 Å². The zero-order chi connectivity index (χ0) is 15.5. The molecule has 1 aliphatic heterocycles. The molecule has 0 saturated heterocycles. The van der Waals surface area contributed by atoms with Crippen LogP contribution in [0.15, 0.2) is 24.3 Å². The van der Waals surface area contributed by atoms with Crippen molar-refractivity contribution >= 4 is 11.9 Å². The first-order valence-electron chi connectivity index (χ1n) is 7.27. The minimum absolute atomic E-state index is 0.134. The number of benzene rings is 1. The Balaban J connectivity index is 1.95. The van der Waals surface area contributed by atoms with Gasteiger partial charge in [-0.05, 0) is 30.9 Å². The van der Waals surface area contributed by atoms with Crippen LogP contribution in [0.25, 0.3) is 0 Å². The molecule has 1 amide bonds. The summed E-state index contributed by atoms with van der Waals surface area (Å²) >= 11 is 0. The van der Waals surface area contributed by atoms with E-state index in [9.17, 15) is 14.7 Å². The van der Waals surface area contributed by atoms with Gasteiger partial charge in [-0.2, -0.15) is 0 Å². The summed E-state index contributed by atoms with van der Waals surface area (Å²) in [5.41, 5.74) is 1.47. The Bertz CT molecular complexity index is 544. The summed E-state index contributed by atoms with van der Waals surface area (Å²) in [7, 11) is 0. The molecule has 21 heavy (non-hydrogen) atoms. The fraction of sp³-hybridized carbons (Fsp3) is 0.500. The van der Waals surface area contributed by atoms with Gasteiger partial charge in [0.1, 0.15) is 0 Å². The smallest absolute Gasteiger partial charge is 0.311 e. The molecule has 0 aromatic heterocycles. The van der Waals surface area contributed by atoms with Crippen LogP contribution in [-0.2, 0) is 22.6 Å². The third kappa shape index (κ3) is 3.42. The Labute approximate surface area is 124 Å². The third-order valence-electron chi connectivity index (χ3n) is 4.35. The van der Waals surface area contributed by atoms with Crippen LogP contribution in [0.1, 0.15) is 31.4 Å². The summed E-state index contributed by atoms with van der Waals surface area (Å²) in [4.78, 5) is 23.5. The molecule has 5 heteroatoms. The van der Waals surface area contributed by atoms with Crippen LogP contribution in [0.4, 0.5) is 0 Å². The van der Waals surface area contributed by atoms with Gasteiger partial charge in [0.05, 0.1) is 11.5 Å². The number of carbonyl (C=O) groups is 2. The molecule has 1 aromatic carbocycles. The lowest BCUT2D eigenvalue weighted by Gasteiger charge is -2.28.